The first-order valence-corrected chi connectivity index (χ1v) is 8.82. The minimum absolute atomic E-state index is 0.0141. The van der Waals surface area contributed by atoms with E-state index in [0.29, 0.717) is 12.0 Å². The van der Waals surface area contributed by atoms with E-state index in [1.165, 1.54) is 16.9 Å². The number of thioether (sulfide) groups is 1. The number of fused-ring (bicyclic) bond motifs is 2. The summed E-state index contributed by atoms with van der Waals surface area (Å²) >= 11 is 1.77. The van der Waals surface area contributed by atoms with Crippen LogP contribution < -0.4 is 0 Å². The van der Waals surface area contributed by atoms with Crippen LogP contribution in [0, 0.1) is 11.3 Å². The molecule has 2 aliphatic carbocycles. The fourth-order valence-electron chi connectivity index (χ4n) is 4.65. The van der Waals surface area contributed by atoms with Crippen molar-refractivity contribution in [3.05, 3.63) is 42.5 Å². The number of aliphatic hydroxyl groups excluding tert-OH is 1. The monoisotopic (exact) mass is 302 g/mol. The fourth-order valence-corrected chi connectivity index (χ4v) is 6.14. The molecule has 112 valence electrons. The van der Waals surface area contributed by atoms with E-state index in [1.807, 2.05) is 6.07 Å². The molecule has 2 heterocycles. The van der Waals surface area contributed by atoms with E-state index in [4.69, 9.17) is 4.74 Å². The average Bonchev–Trinajstić information content (AvgIpc) is 2.48. The second kappa shape index (κ2) is 5.15. The zero-order chi connectivity index (χ0) is 14.4. The molecule has 1 aromatic rings. The highest BCUT2D eigenvalue weighted by atomic mass is 32.2. The minimum atomic E-state index is -0.300. The van der Waals surface area contributed by atoms with Crippen LogP contribution in [0.3, 0.4) is 0 Å². The summed E-state index contributed by atoms with van der Waals surface area (Å²) < 4.78 is 6.33. The van der Waals surface area contributed by atoms with Crippen molar-refractivity contribution in [2.45, 2.75) is 54.6 Å². The van der Waals surface area contributed by atoms with Gasteiger partial charge in [0.15, 0.2) is 0 Å². The summed E-state index contributed by atoms with van der Waals surface area (Å²) in [6.45, 7) is 4.36. The Hall–Kier alpha value is -0.770. The molecule has 21 heavy (non-hydrogen) atoms. The molecular formula is C18H22O2S. The van der Waals surface area contributed by atoms with Gasteiger partial charge < -0.3 is 9.84 Å². The van der Waals surface area contributed by atoms with Gasteiger partial charge in [-0.2, -0.15) is 0 Å². The molecular weight excluding hydrogens is 280 g/mol. The van der Waals surface area contributed by atoms with Gasteiger partial charge in [-0.05, 0) is 43.7 Å². The maximum Gasteiger partial charge on any atom is 0.120 e. The summed E-state index contributed by atoms with van der Waals surface area (Å²) in [5.41, 5.74) is 1.02. The molecule has 5 atom stereocenters. The fraction of sp³-hybridized carbons (Fsp3) is 0.556. The van der Waals surface area contributed by atoms with Crippen molar-refractivity contribution in [1.29, 1.82) is 0 Å². The second-order valence-corrected chi connectivity index (χ2v) is 7.78. The third kappa shape index (κ3) is 2.01. The van der Waals surface area contributed by atoms with Crippen molar-refractivity contribution < 1.29 is 9.84 Å². The van der Waals surface area contributed by atoms with Crippen LogP contribution in [0.2, 0.25) is 0 Å². The number of hydrogen-bond donors (Lipinski definition) is 1. The predicted octanol–water partition coefficient (Wildman–Crippen LogP) is 4.00. The second-order valence-electron chi connectivity index (χ2n) is 6.64. The van der Waals surface area contributed by atoms with Crippen LogP contribution in [-0.4, -0.2) is 22.8 Å². The molecule has 2 saturated heterocycles. The molecule has 2 saturated carbocycles. The van der Waals surface area contributed by atoms with Crippen molar-refractivity contribution >= 4 is 11.8 Å². The minimum Gasteiger partial charge on any atom is -0.392 e. The van der Waals surface area contributed by atoms with Gasteiger partial charge in [-0.3, -0.25) is 0 Å². The van der Waals surface area contributed by atoms with Crippen LogP contribution in [-0.2, 0) is 4.74 Å². The smallest absolute Gasteiger partial charge is 0.120 e. The lowest BCUT2D eigenvalue weighted by atomic mass is 9.54. The summed E-state index contributed by atoms with van der Waals surface area (Å²) in [6, 6.07) is 10.4. The van der Waals surface area contributed by atoms with Crippen molar-refractivity contribution in [1.82, 2.24) is 0 Å². The molecule has 1 aromatic carbocycles. The molecule has 4 fully saturated rings. The zero-order valence-electron chi connectivity index (χ0n) is 12.2. The van der Waals surface area contributed by atoms with Gasteiger partial charge in [0.25, 0.3) is 0 Å². The first kappa shape index (κ1) is 13.9. The summed E-state index contributed by atoms with van der Waals surface area (Å²) in [6.07, 6.45) is 5.26. The molecule has 0 unspecified atom stereocenters. The van der Waals surface area contributed by atoms with Gasteiger partial charge >= 0.3 is 0 Å². The van der Waals surface area contributed by atoms with Gasteiger partial charge in [0, 0.05) is 4.90 Å². The highest BCUT2D eigenvalue weighted by Crippen LogP contribution is 2.62. The maximum atomic E-state index is 10.8. The quantitative estimate of drug-likeness (QED) is 0.837. The highest BCUT2D eigenvalue weighted by Gasteiger charge is 2.61. The Balaban J connectivity index is 1.71. The highest BCUT2D eigenvalue weighted by molar-refractivity contribution is 7.99. The van der Waals surface area contributed by atoms with Gasteiger partial charge in [0.2, 0.25) is 0 Å². The lowest BCUT2D eigenvalue weighted by Gasteiger charge is -2.61. The van der Waals surface area contributed by atoms with Gasteiger partial charge in [-0.25, -0.2) is 0 Å². The largest absolute Gasteiger partial charge is 0.392 e. The lowest BCUT2D eigenvalue weighted by Crippen LogP contribution is -2.62. The van der Waals surface area contributed by atoms with Crippen LogP contribution in [0.5, 0.6) is 0 Å². The molecule has 2 nitrogen and oxygen atoms in total. The van der Waals surface area contributed by atoms with Crippen molar-refractivity contribution in [2.75, 3.05) is 0 Å². The Bertz CT molecular complexity index is 543. The molecule has 0 amide bonds. The van der Waals surface area contributed by atoms with Crippen LogP contribution in [0.1, 0.15) is 32.1 Å². The van der Waals surface area contributed by atoms with Crippen LogP contribution in [0.4, 0.5) is 0 Å². The Morgan fingerprint density at radius 1 is 1.24 bits per heavy atom. The molecule has 1 N–H and O–H groups in total. The van der Waals surface area contributed by atoms with Gasteiger partial charge in [-0.1, -0.05) is 48.5 Å². The molecule has 2 aliphatic heterocycles. The van der Waals surface area contributed by atoms with Crippen molar-refractivity contribution in [2.24, 2.45) is 11.3 Å². The number of benzene rings is 1. The first-order chi connectivity index (χ1) is 10.2. The normalized spacial score (nSPS) is 41.9. The van der Waals surface area contributed by atoms with Crippen LogP contribution in [0.25, 0.3) is 0 Å². The van der Waals surface area contributed by atoms with E-state index in [2.05, 4.69) is 30.8 Å². The maximum absolute atomic E-state index is 10.8. The predicted molar refractivity (Wildman–Crippen MR) is 85.1 cm³/mol. The third-order valence-corrected chi connectivity index (χ3v) is 6.84. The van der Waals surface area contributed by atoms with Crippen LogP contribution in [0.15, 0.2) is 47.4 Å². The van der Waals surface area contributed by atoms with Gasteiger partial charge in [0.1, 0.15) is 5.44 Å². The number of rotatable bonds is 2. The Morgan fingerprint density at radius 3 is 2.86 bits per heavy atom. The number of aliphatic hydroxyl groups is 1. The summed E-state index contributed by atoms with van der Waals surface area (Å²) in [5.74, 6) is 0.544. The van der Waals surface area contributed by atoms with Crippen molar-refractivity contribution in [3.8, 4) is 0 Å². The SMILES string of the molecule is C=C1C[C@H]2C[C@@H]3CCC[C@H](O)[C@@]13[C@@H](Sc1ccccc1)O2. The molecule has 1 spiro atoms. The first-order valence-electron chi connectivity index (χ1n) is 7.94. The van der Waals surface area contributed by atoms with E-state index < -0.39 is 0 Å². The average molecular weight is 302 g/mol. The zero-order valence-corrected chi connectivity index (χ0v) is 13.0. The summed E-state index contributed by atoms with van der Waals surface area (Å²) in [4.78, 5) is 1.22. The molecule has 0 aromatic heterocycles. The van der Waals surface area contributed by atoms with E-state index in [0.717, 1.165) is 25.7 Å². The molecule has 0 radical (unpaired) electrons. The third-order valence-electron chi connectivity index (χ3n) is 5.58. The Kier molecular flexibility index (Phi) is 3.40. The Labute approximate surface area is 130 Å². The summed E-state index contributed by atoms with van der Waals surface area (Å²) in [7, 11) is 0. The van der Waals surface area contributed by atoms with Gasteiger partial charge in [-0.15, -0.1) is 0 Å². The summed E-state index contributed by atoms with van der Waals surface area (Å²) in [5, 5.41) is 10.8. The van der Waals surface area contributed by atoms with E-state index in [9.17, 15) is 5.11 Å². The molecule has 3 heteroatoms. The lowest BCUT2D eigenvalue weighted by molar-refractivity contribution is -0.190. The Morgan fingerprint density at radius 2 is 2.05 bits per heavy atom. The van der Waals surface area contributed by atoms with Crippen molar-refractivity contribution in [3.63, 3.8) is 0 Å². The molecule has 2 bridgehead atoms. The number of hydrogen-bond acceptors (Lipinski definition) is 3. The topological polar surface area (TPSA) is 29.5 Å². The van der Waals surface area contributed by atoms with Crippen LogP contribution >= 0.6 is 11.8 Å². The van der Waals surface area contributed by atoms with E-state index in [1.54, 1.807) is 11.8 Å². The molecule has 5 rings (SSSR count). The van der Waals surface area contributed by atoms with Gasteiger partial charge in [0.05, 0.1) is 17.6 Å². The standard InChI is InChI=1S/C18H22O2S/c1-12-10-14-11-13-6-5-9-16(19)18(12,13)17(20-14)21-15-7-3-2-4-8-15/h2-4,7-8,13-14,16-17,19H,1,5-6,9-11H2/t13-,14-,16-,17+,18+/m0/s1. The number of ether oxygens (including phenoxy) is 1. The van der Waals surface area contributed by atoms with E-state index >= 15 is 0 Å². The van der Waals surface area contributed by atoms with E-state index in [-0.39, 0.29) is 17.0 Å². The molecule has 4 aliphatic rings.